The van der Waals surface area contributed by atoms with Crippen molar-refractivity contribution in [2.24, 2.45) is 0 Å². The molecule has 3 N–H and O–H groups in total. The van der Waals surface area contributed by atoms with Crippen LogP contribution in [0.1, 0.15) is 11.1 Å². The Bertz CT molecular complexity index is 662. The van der Waals surface area contributed by atoms with Gasteiger partial charge in [-0.3, -0.25) is 0 Å². The van der Waals surface area contributed by atoms with Gasteiger partial charge >= 0.3 is 0 Å². The second-order valence-corrected chi connectivity index (χ2v) is 6.47. The lowest BCUT2D eigenvalue weighted by Gasteiger charge is -2.07. The molecule has 0 spiro atoms. The fraction of sp³-hybridized carbons (Fsp3) is 0.200. The number of rotatable bonds is 5. The van der Waals surface area contributed by atoms with E-state index in [1.165, 1.54) is 0 Å². The number of hydrogen-bond acceptors (Lipinski definition) is 3. The molecule has 5 heteroatoms. The molecule has 0 radical (unpaired) electrons. The average molecular weight is 290 g/mol. The molecule has 0 aliphatic rings. The molecular weight excluding hydrogens is 272 g/mol. The average Bonchev–Trinajstić information content (AvgIpc) is 2.41. The van der Waals surface area contributed by atoms with Gasteiger partial charge in [-0.25, -0.2) is 13.1 Å². The molecule has 0 fully saturated rings. The minimum Gasteiger partial charge on any atom is -0.399 e. The van der Waals surface area contributed by atoms with Crippen LogP contribution in [-0.2, 0) is 16.4 Å². The number of aryl methyl sites for hydroxylation is 1. The van der Waals surface area contributed by atoms with Crippen LogP contribution in [0.25, 0.3) is 0 Å². The third-order valence-electron chi connectivity index (χ3n) is 3.02. The largest absolute Gasteiger partial charge is 0.399 e. The van der Waals surface area contributed by atoms with E-state index in [1.54, 1.807) is 24.3 Å². The number of benzene rings is 2. The van der Waals surface area contributed by atoms with Crippen LogP contribution in [0.5, 0.6) is 0 Å². The standard InChI is InChI=1S/C15H18N2O2S/c1-12-2-8-15(9-3-12)20(18,19)17-11-10-13-4-6-14(16)7-5-13/h2-9,17H,10-11,16H2,1H3. The third kappa shape index (κ3) is 3.82. The molecule has 0 bridgehead atoms. The SMILES string of the molecule is Cc1ccc(S(=O)(=O)NCCc2ccc(N)cc2)cc1. The van der Waals surface area contributed by atoms with E-state index in [0.29, 0.717) is 23.5 Å². The first kappa shape index (κ1) is 14.6. The molecule has 0 saturated carbocycles. The van der Waals surface area contributed by atoms with Crippen molar-refractivity contribution >= 4 is 15.7 Å². The predicted octanol–water partition coefficient (Wildman–Crippen LogP) is 2.10. The molecule has 20 heavy (non-hydrogen) atoms. The molecule has 0 heterocycles. The van der Waals surface area contributed by atoms with Crippen LogP contribution >= 0.6 is 0 Å². The zero-order valence-corrected chi connectivity index (χ0v) is 12.2. The topological polar surface area (TPSA) is 72.2 Å². The molecule has 0 unspecified atom stereocenters. The second kappa shape index (κ2) is 6.07. The van der Waals surface area contributed by atoms with Crippen molar-refractivity contribution in [2.45, 2.75) is 18.2 Å². The second-order valence-electron chi connectivity index (χ2n) is 4.70. The molecule has 0 amide bonds. The summed E-state index contributed by atoms with van der Waals surface area (Å²) in [5, 5.41) is 0. The van der Waals surface area contributed by atoms with Gasteiger partial charge in [-0.2, -0.15) is 0 Å². The van der Waals surface area contributed by atoms with Crippen molar-refractivity contribution in [1.29, 1.82) is 0 Å². The van der Waals surface area contributed by atoms with Crippen LogP contribution in [-0.4, -0.2) is 15.0 Å². The molecule has 0 saturated heterocycles. The van der Waals surface area contributed by atoms with Crippen LogP contribution in [0.2, 0.25) is 0 Å². The van der Waals surface area contributed by atoms with Crippen molar-refractivity contribution < 1.29 is 8.42 Å². The Balaban J connectivity index is 1.96. The Hall–Kier alpha value is -1.85. The summed E-state index contributed by atoms with van der Waals surface area (Å²) in [7, 11) is -3.43. The van der Waals surface area contributed by atoms with Crippen molar-refractivity contribution in [3.05, 3.63) is 59.7 Å². The van der Waals surface area contributed by atoms with Gasteiger partial charge in [-0.1, -0.05) is 29.8 Å². The van der Waals surface area contributed by atoms with E-state index in [0.717, 1.165) is 11.1 Å². The maximum absolute atomic E-state index is 12.1. The lowest BCUT2D eigenvalue weighted by Crippen LogP contribution is -2.25. The molecule has 0 aliphatic heterocycles. The number of nitrogens with one attached hydrogen (secondary N) is 1. The van der Waals surface area contributed by atoms with Gasteiger partial charge in [0.2, 0.25) is 10.0 Å². The normalized spacial score (nSPS) is 11.4. The zero-order valence-electron chi connectivity index (χ0n) is 11.3. The summed E-state index contributed by atoms with van der Waals surface area (Å²) in [6.45, 7) is 2.28. The summed E-state index contributed by atoms with van der Waals surface area (Å²) in [4.78, 5) is 0.292. The number of nitrogens with two attached hydrogens (primary N) is 1. The first-order valence-electron chi connectivity index (χ1n) is 6.38. The Morgan fingerprint density at radius 1 is 1.00 bits per heavy atom. The van der Waals surface area contributed by atoms with Crippen LogP contribution < -0.4 is 10.5 Å². The van der Waals surface area contributed by atoms with E-state index >= 15 is 0 Å². The number of anilines is 1. The molecule has 106 valence electrons. The van der Waals surface area contributed by atoms with Crippen molar-refractivity contribution in [1.82, 2.24) is 4.72 Å². The van der Waals surface area contributed by atoms with E-state index in [4.69, 9.17) is 5.73 Å². The lowest BCUT2D eigenvalue weighted by molar-refractivity contribution is 0.581. The van der Waals surface area contributed by atoms with Crippen LogP contribution in [0.4, 0.5) is 5.69 Å². The number of hydrogen-bond donors (Lipinski definition) is 2. The smallest absolute Gasteiger partial charge is 0.240 e. The molecule has 4 nitrogen and oxygen atoms in total. The van der Waals surface area contributed by atoms with Crippen molar-refractivity contribution in [3.8, 4) is 0 Å². The van der Waals surface area contributed by atoms with Crippen molar-refractivity contribution in [3.63, 3.8) is 0 Å². The fourth-order valence-corrected chi connectivity index (χ4v) is 2.85. The van der Waals surface area contributed by atoms with E-state index in [1.807, 2.05) is 31.2 Å². The van der Waals surface area contributed by atoms with Gasteiger partial charge in [0, 0.05) is 12.2 Å². The highest BCUT2D eigenvalue weighted by Crippen LogP contribution is 2.10. The highest BCUT2D eigenvalue weighted by molar-refractivity contribution is 7.89. The molecule has 0 aromatic heterocycles. The Kier molecular flexibility index (Phi) is 4.42. The van der Waals surface area contributed by atoms with E-state index in [9.17, 15) is 8.42 Å². The summed E-state index contributed by atoms with van der Waals surface area (Å²) in [6, 6.07) is 14.2. The fourth-order valence-electron chi connectivity index (χ4n) is 1.81. The third-order valence-corrected chi connectivity index (χ3v) is 4.49. The molecule has 0 atom stereocenters. The van der Waals surface area contributed by atoms with Gasteiger partial charge in [0.1, 0.15) is 0 Å². The predicted molar refractivity (Wildman–Crippen MR) is 80.9 cm³/mol. The number of sulfonamides is 1. The number of nitrogen functional groups attached to an aromatic ring is 1. The molecular formula is C15H18N2O2S. The van der Waals surface area contributed by atoms with Gasteiger partial charge in [0.15, 0.2) is 0 Å². The minimum absolute atomic E-state index is 0.292. The van der Waals surface area contributed by atoms with Crippen molar-refractivity contribution in [2.75, 3.05) is 12.3 Å². The monoisotopic (exact) mass is 290 g/mol. The Morgan fingerprint density at radius 2 is 1.60 bits per heavy atom. The van der Waals surface area contributed by atoms with Gasteiger partial charge in [0.05, 0.1) is 4.90 Å². The highest BCUT2D eigenvalue weighted by atomic mass is 32.2. The highest BCUT2D eigenvalue weighted by Gasteiger charge is 2.12. The minimum atomic E-state index is -3.43. The van der Waals surface area contributed by atoms with E-state index in [2.05, 4.69) is 4.72 Å². The maximum Gasteiger partial charge on any atom is 0.240 e. The van der Waals surface area contributed by atoms with Crippen LogP contribution in [0.3, 0.4) is 0 Å². The van der Waals surface area contributed by atoms with Gasteiger partial charge < -0.3 is 5.73 Å². The van der Waals surface area contributed by atoms with Gasteiger partial charge in [-0.05, 0) is 43.2 Å². The first-order chi connectivity index (χ1) is 9.47. The van der Waals surface area contributed by atoms with Gasteiger partial charge in [-0.15, -0.1) is 0 Å². The zero-order chi connectivity index (χ0) is 14.6. The van der Waals surface area contributed by atoms with E-state index in [-0.39, 0.29) is 0 Å². The molecule has 2 aromatic carbocycles. The Morgan fingerprint density at radius 3 is 2.20 bits per heavy atom. The summed E-state index contributed by atoms with van der Waals surface area (Å²) < 4.78 is 26.7. The summed E-state index contributed by atoms with van der Waals surface area (Å²) in [5.74, 6) is 0. The van der Waals surface area contributed by atoms with Crippen LogP contribution in [0, 0.1) is 6.92 Å². The molecule has 2 aromatic rings. The van der Waals surface area contributed by atoms with Gasteiger partial charge in [0.25, 0.3) is 0 Å². The summed E-state index contributed by atoms with van der Waals surface area (Å²) in [5.41, 5.74) is 8.38. The van der Waals surface area contributed by atoms with Crippen LogP contribution in [0.15, 0.2) is 53.4 Å². The Labute approximate surface area is 119 Å². The molecule has 2 rings (SSSR count). The first-order valence-corrected chi connectivity index (χ1v) is 7.86. The summed E-state index contributed by atoms with van der Waals surface area (Å²) in [6.07, 6.45) is 0.630. The molecule has 0 aliphatic carbocycles. The quantitative estimate of drug-likeness (QED) is 0.828. The maximum atomic E-state index is 12.1. The summed E-state index contributed by atoms with van der Waals surface area (Å²) >= 11 is 0. The lowest BCUT2D eigenvalue weighted by atomic mass is 10.1. The van der Waals surface area contributed by atoms with E-state index < -0.39 is 10.0 Å².